The van der Waals surface area contributed by atoms with Crippen LogP contribution >= 0.6 is 0 Å². The van der Waals surface area contributed by atoms with Crippen molar-refractivity contribution in [2.75, 3.05) is 11.9 Å². The van der Waals surface area contributed by atoms with Gasteiger partial charge in [0.05, 0.1) is 0 Å². The molecule has 2 aliphatic heterocycles. The van der Waals surface area contributed by atoms with Crippen molar-refractivity contribution in [2.45, 2.75) is 18.6 Å². The monoisotopic (exact) mass is 352 g/mol. The van der Waals surface area contributed by atoms with Gasteiger partial charge in [-0.3, -0.25) is 4.79 Å². The number of benzene rings is 1. The number of pyridine rings is 1. The first-order chi connectivity index (χ1) is 11.8. The van der Waals surface area contributed by atoms with Crippen LogP contribution in [0, 0.1) is 5.95 Å². The lowest BCUT2D eigenvalue weighted by Gasteiger charge is -2.21. The van der Waals surface area contributed by atoms with Crippen molar-refractivity contribution in [3.8, 4) is 17.2 Å². The molecule has 1 atom stereocenters. The number of hydrogen-bond donors (Lipinski definition) is 1. The molecule has 0 fully saturated rings. The molecule has 130 valence electrons. The van der Waals surface area contributed by atoms with Crippen LogP contribution in [0.1, 0.15) is 12.5 Å². The molecule has 2 aliphatic rings. The number of carbonyl (C=O) groups is 1. The standard InChI is InChI=1S/C16H11F3N2O4/c1-15(14(22)21-13-4-2-3-12(17)20-13)7-23-9-6-11-10(5-8(9)15)24-16(18,19)25-11/h2-6H,7H2,1H3,(H,20,21,22)/t15-/m0/s1. The number of hydrogen-bond acceptors (Lipinski definition) is 5. The lowest BCUT2D eigenvalue weighted by molar-refractivity contribution is -0.286. The first-order valence-corrected chi connectivity index (χ1v) is 7.28. The second-order valence-corrected chi connectivity index (χ2v) is 5.88. The van der Waals surface area contributed by atoms with Gasteiger partial charge >= 0.3 is 6.29 Å². The highest BCUT2D eigenvalue weighted by Gasteiger charge is 2.48. The molecule has 0 radical (unpaired) electrons. The van der Waals surface area contributed by atoms with Crippen LogP contribution in [0.25, 0.3) is 0 Å². The van der Waals surface area contributed by atoms with E-state index in [4.69, 9.17) is 4.74 Å². The van der Waals surface area contributed by atoms with Gasteiger partial charge in [0.15, 0.2) is 11.5 Å². The SMILES string of the molecule is C[C@]1(C(=O)Nc2cccc(F)n2)COc2cc3c(cc21)OC(F)(F)O3. The number of carbonyl (C=O) groups excluding carboxylic acids is 1. The predicted octanol–water partition coefficient (Wildman–Crippen LogP) is 2.83. The summed E-state index contributed by atoms with van der Waals surface area (Å²) in [6.45, 7) is 1.55. The Morgan fingerprint density at radius 3 is 2.64 bits per heavy atom. The van der Waals surface area contributed by atoms with E-state index in [1.165, 1.54) is 24.3 Å². The third kappa shape index (κ3) is 2.51. The highest BCUT2D eigenvalue weighted by Crippen LogP contribution is 2.49. The number of alkyl halides is 2. The summed E-state index contributed by atoms with van der Waals surface area (Å²) in [4.78, 5) is 16.2. The molecule has 2 aromatic rings. The van der Waals surface area contributed by atoms with Crippen LogP contribution in [0.15, 0.2) is 30.3 Å². The maximum absolute atomic E-state index is 13.2. The van der Waals surface area contributed by atoms with Crippen LogP contribution in [-0.4, -0.2) is 23.8 Å². The molecule has 6 nitrogen and oxygen atoms in total. The Hall–Kier alpha value is -2.97. The Morgan fingerprint density at radius 2 is 1.92 bits per heavy atom. The number of halogens is 3. The molecular formula is C16H11F3N2O4. The number of aromatic nitrogens is 1. The molecule has 0 saturated heterocycles. The number of fused-ring (bicyclic) bond motifs is 2. The summed E-state index contributed by atoms with van der Waals surface area (Å²) in [5.41, 5.74) is -0.832. The largest absolute Gasteiger partial charge is 0.586 e. The normalized spacial score (nSPS) is 22.2. The first kappa shape index (κ1) is 15.6. The second-order valence-electron chi connectivity index (χ2n) is 5.88. The fourth-order valence-corrected chi connectivity index (χ4v) is 2.75. The minimum absolute atomic E-state index is 0.0250. The van der Waals surface area contributed by atoms with Crippen molar-refractivity contribution in [3.05, 3.63) is 41.8 Å². The maximum atomic E-state index is 13.2. The van der Waals surface area contributed by atoms with E-state index >= 15 is 0 Å². The molecule has 1 amide bonds. The number of nitrogens with zero attached hydrogens (tertiary/aromatic N) is 1. The predicted molar refractivity (Wildman–Crippen MR) is 78.3 cm³/mol. The summed E-state index contributed by atoms with van der Waals surface area (Å²) < 4.78 is 53.8. The molecule has 1 aromatic carbocycles. The Morgan fingerprint density at radius 1 is 1.20 bits per heavy atom. The van der Waals surface area contributed by atoms with Gasteiger partial charge in [0, 0.05) is 11.6 Å². The van der Waals surface area contributed by atoms with E-state index in [2.05, 4.69) is 19.8 Å². The van der Waals surface area contributed by atoms with E-state index < -0.39 is 23.6 Å². The third-order valence-electron chi connectivity index (χ3n) is 4.07. The summed E-state index contributed by atoms with van der Waals surface area (Å²) in [6, 6.07) is 6.52. The zero-order chi connectivity index (χ0) is 17.8. The molecule has 0 spiro atoms. The van der Waals surface area contributed by atoms with Gasteiger partial charge in [-0.1, -0.05) is 6.07 Å². The van der Waals surface area contributed by atoms with Crippen molar-refractivity contribution in [1.29, 1.82) is 0 Å². The van der Waals surface area contributed by atoms with E-state index in [-0.39, 0.29) is 29.7 Å². The van der Waals surface area contributed by atoms with Crippen LogP contribution in [0.2, 0.25) is 0 Å². The molecule has 0 saturated carbocycles. The number of amides is 1. The zero-order valence-electron chi connectivity index (χ0n) is 12.8. The minimum atomic E-state index is -3.76. The topological polar surface area (TPSA) is 69.7 Å². The van der Waals surface area contributed by atoms with Crippen LogP contribution in [0.4, 0.5) is 19.0 Å². The van der Waals surface area contributed by atoms with Crippen LogP contribution in [0.3, 0.4) is 0 Å². The number of nitrogens with one attached hydrogen (secondary N) is 1. The first-order valence-electron chi connectivity index (χ1n) is 7.28. The summed E-state index contributed by atoms with van der Waals surface area (Å²) >= 11 is 0. The smallest absolute Gasteiger partial charge is 0.492 e. The summed E-state index contributed by atoms with van der Waals surface area (Å²) in [6.07, 6.45) is -3.76. The lowest BCUT2D eigenvalue weighted by Crippen LogP contribution is -2.39. The second kappa shape index (κ2) is 5.01. The van der Waals surface area contributed by atoms with Gasteiger partial charge in [-0.05, 0) is 25.1 Å². The van der Waals surface area contributed by atoms with E-state index in [0.717, 1.165) is 6.07 Å². The van der Waals surface area contributed by atoms with Crippen molar-refractivity contribution in [3.63, 3.8) is 0 Å². The fourth-order valence-electron chi connectivity index (χ4n) is 2.75. The quantitative estimate of drug-likeness (QED) is 0.842. The van der Waals surface area contributed by atoms with E-state index in [0.29, 0.717) is 5.56 Å². The van der Waals surface area contributed by atoms with E-state index in [1.54, 1.807) is 6.92 Å². The van der Waals surface area contributed by atoms with Crippen LogP contribution < -0.4 is 19.5 Å². The van der Waals surface area contributed by atoms with Gasteiger partial charge in [0.25, 0.3) is 0 Å². The van der Waals surface area contributed by atoms with Crippen molar-refractivity contribution in [1.82, 2.24) is 4.98 Å². The molecule has 0 unspecified atom stereocenters. The number of anilines is 1. The highest BCUT2D eigenvalue weighted by atomic mass is 19.3. The summed E-state index contributed by atoms with van der Waals surface area (Å²) in [5.74, 6) is -1.33. The minimum Gasteiger partial charge on any atom is -0.492 e. The van der Waals surface area contributed by atoms with E-state index in [9.17, 15) is 18.0 Å². The van der Waals surface area contributed by atoms with Crippen molar-refractivity contribution in [2.24, 2.45) is 0 Å². The Bertz CT molecular complexity index is 890. The van der Waals surface area contributed by atoms with Crippen LogP contribution in [0.5, 0.6) is 17.2 Å². The van der Waals surface area contributed by atoms with Gasteiger partial charge in [-0.2, -0.15) is 4.39 Å². The Kier molecular flexibility index (Phi) is 3.12. The molecule has 0 aliphatic carbocycles. The molecule has 4 rings (SSSR count). The Balaban J connectivity index is 1.66. The molecule has 1 aromatic heterocycles. The average Bonchev–Trinajstić information content (AvgIpc) is 3.01. The molecule has 9 heteroatoms. The highest BCUT2D eigenvalue weighted by molar-refractivity contribution is 5.99. The van der Waals surface area contributed by atoms with Crippen LogP contribution in [-0.2, 0) is 10.2 Å². The van der Waals surface area contributed by atoms with Crippen molar-refractivity contribution >= 4 is 11.7 Å². The van der Waals surface area contributed by atoms with Gasteiger partial charge in [0.2, 0.25) is 11.9 Å². The molecule has 1 N–H and O–H groups in total. The Labute approximate surface area is 139 Å². The number of ether oxygens (including phenoxy) is 3. The molecule has 3 heterocycles. The molecular weight excluding hydrogens is 341 g/mol. The molecule has 25 heavy (non-hydrogen) atoms. The molecule has 0 bridgehead atoms. The maximum Gasteiger partial charge on any atom is 0.586 e. The third-order valence-corrected chi connectivity index (χ3v) is 4.07. The summed E-state index contributed by atoms with van der Waals surface area (Å²) in [7, 11) is 0. The summed E-state index contributed by atoms with van der Waals surface area (Å²) in [5, 5.41) is 2.50. The van der Waals surface area contributed by atoms with Gasteiger partial charge < -0.3 is 19.5 Å². The van der Waals surface area contributed by atoms with Crippen molar-refractivity contribution < 1.29 is 32.2 Å². The van der Waals surface area contributed by atoms with Gasteiger partial charge in [-0.15, -0.1) is 8.78 Å². The zero-order valence-corrected chi connectivity index (χ0v) is 12.8. The van der Waals surface area contributed by atoms with Gasteiger partial charge in [-0.25, -0.2) is 4.98 Å². The fraction of sp³-hybridized carbons (Fsp3) is 0.250. The lowest BCUT2D eigenvalue weighted by atomic mass is 9.83. The van der Waals surface area contributed by atoms with Gasteiger partial charge in [0.1, 0.15) is 23.6 Å². The van der Waals surface area contributed by atoms with E-state index in [1.807, 2.05) is 0 Å². The average molecular weight is 352 g/mol. The number of rotatable bonds is 2.